The van der Waals surface area contributed by atoms with Gasteiger partial charge in [0.1, 0.15) is 18.1 Å². The molecule has 0 aliphatic heterocycles. The number of hydrogen-bond donors (Lipinski definition) is 1. The van der Waals surface area contributed by atoms with Gasteiger partial charge in [-0.1, -0.05) is 6.07 Å². The summed E-state index contributed by atoms with van der Waals surface area (Å²) in [6.45, 7) is -0.0838. The van der Waals surface area contributed by atoms with Gasteiger partial charge in [-0.05, 0) is 24.3 Å². The minimum absolute atomic E-state index is 0.0838. The van der Waals surface area contributed by atoms with E-state index in [-0.39, 0.29) is 12.4 Å². The highest BCUT2D eigenvalue weighted by Crippen LogP contribution is 2.30. The lowest BCUT2D eigenvalue weighted by atomic mass is 10.3. The van der Waals surface area contributed by atoms with Gasteiger partial charge in [0.15, 0.2) is 0 Å². The van der Waals surface area contributed by atoms with Gasteiger partial charge in [-0.3, -0.25) is 0 Å². The van der Waals surface area contributed by atoms with Gasteiger partial charge in [0, 0.05) is 11.8 Å². The summed E-state index contributed by atoms with van der Waals surface area (Å²) in [4.78, 5) is 0. The summed E-state index contributed by atoms with van der Waals surface area (Å²) in [5.41, 5.74) is 6.05. The highest BCUT2D eigenvalue weighted by atomic mass is 19.4. The summed E-state index contributed by atoms with van der Waals surface area (Å²) >= 11 is 0. The Kier molecular flexibility index (Phi) is 3.18. The van der Waals surface area contributed by atoms with E-state index in [1.54, 1.807) is 24.3 Å². The number of hydrogen-bond acceptors (Lipinski definition) is 3. The van der Waals surface area contributed by atoms with Crippen LogP contribution in [0.5, 0.6) is 5.75 Å². The van der Waals surface area contributed by atoms with Crippen molar-refractivity contribution in [1.82, 2.24) is 0 Å². The molecule has 1 heterocycles. The lowest BCUT2D eigenvalue weighted by Crippen LogP contribution is -2.02. The van der Waals surface area contributed by atoms with Crippen LogP contribution < -0.4 is 10.5 Å². The number of furan rings is 1. The largest absolute Gasteiger partial charge is 0.486 e. The monoisotopic (exact) mass is 257 g/mol. The number of alkyl halides is 3. The summed E-state index contributed by atoms with van der Waals surface area (Å²) in [6, 6.07) is 8.71. The standard InChI is InChI=1S/C12H10F3NO2/c13-12(14,15)11-5-4-10(18-11)7-17-9-3-1-2-8(16)6-9/h1-6H,7,16H2. The van der Waals surface area contributed by atoms with Gasteiger partial charge < -0.3 is 14.9 Å². The maximum Gasteiger partial charge on any atom is 0.449 e. The molecule has 1 aromatic heterocycles. The molecular weight excluding hydrogens is 247 g/mol. The number of nitrogen functional groups attached to an aromatic ring is 1. The van der Waals surface area contributed by atoms with Gasteiger partial charge in [-0.15, -0.1) is 0 Å². The van der Waals surface area contributed by atoms with Crippen molar-refractivity contribution in [3.63, 3.8) is 0 Å². The zero-order valence-corrected chi connectivity index (χ0v) is 9.20. The first-order valence-corrected chi connectivity index (χ1v) is 5.09. The SMILES string of the molecule is Nc1cccc(OCc2ccc(C(F)(F)F)o2)c1. The number of anilines is 1. The number of halogens is 3. The second-order valence-corrected chi connectivity index (χ2v) is 3.62. The maximum atomic E-state index is 12.3. The predicted molar refractivity (Wildman–Crippen MR) is 58.9 cm³/mol. The van der Waals surface area contributed by atoms with Crippen molar-refractivity contribution < 1.29 is 22.3 Å². The number of rotatable bonds is 3. The van der Waals surface area contributed by atoms with Gasteiger partial charge >= 0.3 is 6.18 Å². The minimum Gasteiger partial charge on any atom is -0.486 e. The van der Waals surface area contributed by atoms with Crippen LogP contribution in [0.25, 0.3) is 0 Å². The summed E-state index contributed by atoms with van der Waals surface area (Å²) in [7, 11) is 0. The predicted octanol–water partition coefficient (Wildman–Crippen LogP) is 3.46. The summed E-state index contributed by atoms with van der Waals surface area (Å²) in [5, 5.41) is 0. The molecule has 0 amide bonds. The molecule has 2 N–H and O–H groups in total. The Hall–Kier alpha value is -2.11. The molecule has 0 spiro atoms. The fourth-order valence-electron chi connectivity index (χ4n) is 1.37. The molecule has 3 nitrogen and oxygen atoms in total. The smallest absolute Gasteiger partial charge is 0.449 e. The Morgan fingerprint density at radius 1 is 1.17 bits per heavy atom. The van der Waals surface area contributed by atoms with Crippen molar-refractivity contribution >= 4 is 5.69 Å². The first-order valence-electron chi connectivity index (χ1n) is 5.09. The van der Waals surface area contributed by atoms with E-state index in [1.807, 2.05) is 0 Å². The maximum absolute atomic E-state index is 12.3. The van der Waals surface area contributed by atoms with Gasteiger partial charge in [0.25, 0.3) is 0 Å². The van der Waals surface area contributed by atoms with Gasteiger partial charge in [0.05, 0.1) is 0 Å². The molecule has 2 rings (SSSR count). The summed E-state index contributed by atoms with van der Waals surface area (Å²) in [6.07, 6.45) is -4.48. The second kappa shape index (κ2) is 4.64. The Bertz CT molecular complexity index is 534. The molecule has 2 aromatic rings. The molecular formula is C12H10F3NO2. The van der Waals surface area contributed by atoms with Crippen molar-refractivity contribution in [2.24, 2.45) is 0 Å². The average Bonchev–Trinajstić information content (AvgIpc) is 2.74. The van der Waals surface area contributed by atoms with Crippen LogP contribution >= 0.6 is 0 Å². The Labute approximate surface area is 101 Å². The summed E-state index contributed by atoms with van der Waals surface area (Å²) in [5.74, 6) is -0.460. The zero-order chi connectivity index (χ0) is 13.2. The lowest BCUT2D eigenvalue weighted by molar-refractivity contribution is -0.153. The first kappa shape index (κ1) is 12.3. The lowest BCUT2D eigenvalue weighted by Gasteiger charge is -2.05. The molecule has 0 aliphatic carbocycles. The van der Waals surface area contributed by atoms with Crippen molar-refractivity contribution in [3.8, 4) is 5.75 Å². The molecule has 0 fully saturated rings. The molecule has 0 radical (unpaired) electrons. The van der Waals surface area contributed by atoms with Crippen molar-refractivity contribution in [2.45, 2.75) is 12.8 Å². The molecule has 0 aliphatic rings. The Morgan fingerprint density at radius 2 is 1.94 bits per heavy atom. The minimum atomic E-state index is -4.48. The number of benzene rings is 1. The molecule has 1 aromatic carbocycles. The van der Waals surface area contributed by atoms with Crippen LogP contribution in [0.1, 0.15) is 11.5 Å². The number of ether oxygens (including phenoxy) is 1. The third kappa shape index (κ3) is 2.97. The Morgan fingerprint density at radius 3 is 2.56 bits per heavy atom. The summed E-state index contributed by atoms with van der Waals surface area (Å²) < 4.78 is 46.7. The normalized spacial score (nSPS) is 11.5. The van der Waals surface area contributed by atoms with Crippen molar-refractivity contribution in [3.05, 3.63) is 47.9 Å². The molecule has 96 valence electrons. The first-order chi connectivity index (χ1) is 8.45. The van der Waals surface area contributed by atoms with Gasteiger partial charge in [0.2, 0.25) is 5.76 Å². The quantitative estimate of drug-likeness (QED) is 0.856. The molecule has 0 saturated heterocycles. The molecule has 18 heavy (non-hydrogen) atoms. The van der Waals surface area contributed by atoms with E-state index >= 15 is 0 Å². The highest BCUT2D eigenvalue weighted by Gasteiger charge is 2.34. The van der Waals surface area contributed by atoms with Crippen LogP contribution in [0.3, 0.4) is 0 Å². The highest BCUT2D eigenvalue weighted by molar-refractivity contribution is 5.43. The number of nitrogens with two attached hydrogens (primary N) is 1. The van der Waals surface area contributed by atoms with Crippen molar-refractivity contribution in [1.29, 1.82) is 0 Å². The van der Waals surface area contributed by atoms with E-state index in [1.165, 1.54) is 6.07 Å². The van der Waals surface area contributed by atoms with Crippen molar-refractivity contribution in [2.75, 3.05) is 5.73 Å². The zero-order valence-electron chi connectivity index (χ0n) is 9.20. The molecule has 0 bridgehead atoms. The average molecular weight is 257 g/mol. The Balaban J connectivity index is 2.01. The molecule has 0 unspecified atom stereocenters. The molecule has 0 saturated carbocycles. The van der Waals surface area contributed by atoms with E-state index in [2.05, 4.69) is 4.42 Å². The van der Waals surface area contributed by atoms with E-state index in [4.69, 9.17) is 10.5 Å². The van der Waals surface area contributed by atoms with E-state index in [9.17, 15) is 13.2 Å². The van der Waals surface area contributed by atoms with E-state index < -0.39 is 11.9 Å². The molecule has 6 heteroatoms. The fourth-order valence-corrected chi connectivity index (χ4v) is 1.37. The van der Waals surface area contributed by atoms with Crippen LogP contribution in [-0.2, 0) is 12.8 Å². The van der Waals surface area contributed by atoms with Crippen LogP contribution in [0.4, 0.5) is 18.9 Å². The van der Waals surface area contributed by atoms with Crippen LogP contribution in [0.2, 0.25) is 0 Å². The third-order valence-electron chi connectivity index (χ3n) is 2.18. The van der Waals surface area contributed by atoms with Gasteiger partial charge in [-0.25, -0.2) is 0 Å². The third-order valence-corrected chi connectivity index (χ3v) is 2.18. The van der Waals surface area contributed by atoms with E-state index in [0.717, 1.165) is 6.07 Å². The van der Waals surface area contributed by atoms with Gasteiger partial charge in [-0.2, -0.15) is 13.2 Å². The van der Waals surface area contributed by atoms with Crippen LogP contribution in [0, 0.1) is 0 Å². The van der Waals surface area contributed by atoms with Crippen LogP contribution in [0.15, 0.2) is 40.8 Å². The van der Waals surface area contributed by atoms with Crippen LogP contribution in [-0.4, -0.2) is 0 Å². The topological polar surface area (TPSA) is 48.4 Å². The van der Waals surface area contributed by atoms with E-state index in [0.29, 0.717) is 11.4 Å². The second-order valence-electron chi connectivity index (χ2n) is 3.62. The fraction of sp³-hybridized carbons (Fsp3) is 0.167. The molecule has 0 atom stereocenters.